The highest BCUT2D eigenvalue weighted by Gasteiger charge is 2.31. The van der Waals surface area contributed by atoms with E-state index in [-0.39, 0.29) is 30.5 Å². The van der Waals surface area contributed by atoms with Crippen LogP contribution in [-0.2, 0) is 11.2 Å². The molecule has 3 rings (SSSR count). The van der Waals surface area contributed by atoms with Crippen LogP contribution in [0.5, 0.6) is 5.75 Å². The summed E-state index contributed by atoms with van der Waals surface area (Å²) in [6.45, 7) is 4.93. The first-order chi connectivity index (χ1) is 12.4. The molecule has 0 radical (unpaired) electrons. The number of hydrogen-bond acceptors (Lipinski definition) is 4. The van der Waals surface area contributed by atoms with Gasteiger partial charge in [-0.3, -0.25) is 14.7 Å². The molecule has 140 valence electrons. The maximum Gasteiger partial charge on any atom is 0.267 e. The number of hydrogen-bond donors (Lipinski definition) is 3. The van der Waals surface area contributed by atoms with Gasteiger partial charge in [0.25, 0.3) is 5.56 Å². The lowest BCUT2D eigenvalue weighted by Crippen LogP contribution is -2.51. The number of benzene rings is 1. The number of carbonyl (C=O) groups excluding carboxylic acids is 1. The number of nitrogens with zero attached hydrogens (tertiary/aromatic N) is 1. The molecule has 7 nitrogen and oxygen atoms in total. The van der Waals surface area contributed by atoms with E-state index in [0.29, 0.717) is 24.4 Å². The van der Waals surface area contributed by atoms with Gasteiger partial charge >= 0.3 is 0 Å². The Morgan fingerprint density at radius 3 is 2.88 bits per heavy atom. The largest absolute Gasteiger partial charge is 0.488 e. The molecule has 1 aliphatic rings. The molecule has 7 heteroatoms. The Bertz CT molecular complexity index is 811. The number of aliphatic hydroxyl groups excluding tert-OH is 1. The molecule has 1 aliphatic heterocycles. The minimum absolute atomic E-state index is 0.0213. The third-order valence-electron chi connectivity index (χ3n) is 4.75. The molecule has 26 heavy (non-hydrogen) atoms. The number of amides is 1. The van der Waals surface area contributed by atoms with Crippen LogP contribution in [0.4, 0.5) is 0 Å². The summed E-state index contributed by atoms with van der Waals surface area (Å²) in [5.74, 6) is 0.966. The van der Waals surface area contributed by atoms with Crippen molar-refractivity contribution < 1.29 is 14.6 Å². The van der Waals surface area contributed by atoms with Crippen LogP contribution in [0.3, 0.4) is 0 Å². The van der Waals surface area contributed by atoms with Crippen LogP contribution in [0.15, 0.2) is 35.3 Å². The van der Waals surface area contributed by atoms with Crippen LogP contribution >= 0.6 is 0 Å². The normalized spacial score (nSPS) is 20.4. The van der Waals surface area contributed by atoms with Gasteiger partial charge in [0.15, 0.2) is 0 Å². The van der Waals surface area contributed by atoms with Gasteiger partial charge in [0.05, 0.1) is 13.0 Å². The molecule has 0 spiro atoms. The van der Waals surface area contributed by atoms with Gasteiger partial charge in [-0.25, -0.2) is 0 Å². The average Bonchev–Trinajstić information content (AvgIpc) is 3.01. The number of carbonyl (C=O) groups is 1. The Morgan fingerprint density at radius 2 is 2.23 bits per heavy atom. The molecule has 2 heterocycles. The van der Waals surface area contributed by atoms with Crippen LogP contribution in [0, 0.1) is 0 Å². The number of aromatic amines is 2. The smallest absolute Gasteiger partial charge is 0.267 e. The van der Waals surface area contributed by atoms with Crippen LogP contribution in [0.1, 0.15) is 37.3 Å². The van der Waals surface area contributed by atoms with E-state index < -0.39 is 6.10 Å². The van der Waals surface area contributed by atoms with Crippen molar-refractivity contribution in [2.24, 2.45) is 0 Å². The predicted molar refractivity (Wildman–Crippen MR) is 97.3 cm³/mol. The highest BCUT2D eigenvalue weighted by molar-refractivity contribution is 5.78. The summed E-state index contributed by atoms with van der Waals surface area (Å²) >= 11 is 0. The molecular formula is C19H25N3O4. The van der Waals surface area contributed by atoms with Crippen LogP contribution < -0.4 is 10.3 Å². The van der Waals surface area contributed by atoms with E-state index in [4.69, 9.17) is 4.74 Å². The van der Waals surface area contributed by atoms with Gasteiger partial charge < -0.3 is 19.8 Å². The van der Waals surface area contributed by atoms with E-state index in [1.165, 1.54) is 11.8 Å². The van der Waals surface area contributed by atoms with Crippen molar-refractivity contribution >= 4 is 5.91 Å². The Hall–Kier alpha value is -2.54. The fourth-order valence-electron chi connectivity index (χ4n) is 3.14. The highest BCUT2D eigenvalue weighted by Crippen LogP contribution is 2.24. The molecule has 1 amide bonds. The summed E-state index contributed by atoms with van der Waals surface area (Å²) < 4.78 is 5.96. The standard InChI is InChI=1S/C19H25N3O4/c1-12(2)13-4-3-5-15(8-13)26-17-6-7-22(11-16(17)23)18(24)9-14-10-20-21-19(14)25/h3-5,8,10,12,16-17,23H,6-7,9,11H2,1-2H3,(H2,20,21,25)/t16-,17-/m1/s1. The molecule has 0 aliphatic carbocycles. The zero-order chi connectivity index (χ0) is 18.7. The maximum atomic E-state index is 12.4. The predicted octanol–water partition coefficient (Wildman–Crippen LogP) is 1.41. The van der Waals surface area contributed by atoms with Gasteiger partial charge in [0.2, 0.25) is 5.91 Å². The van der Waals surface area contributed by atoms with Crippen LogP contribution in [-0.4, -0.2) is 51.4 Å². The first-order valence-electron chi connectivity index (χ1n) is 8.91. The topological polar surface area (TPSA) is 98.4 Å². The maximum absolute atomic E-state index is 12.4. The number of ether oxygens (including phenoxy) is 1. The number of aromatic nitrogens is 2. The van der Waals surface area contributed by atoms with E-state index >= 15 is 0 Å². The fraction of sp³-hybridized carbons (Fsp3) is 0.474. The molecule has 1 aromatic carbocycles. The molecule has 2 aromatic rings. The molecule has 0 saturated carbocycles. The zero-order valence-corrected chi connectivity index (χ0v) is 15.1. The molecule has 2 atom stereocenters. The van der Waals surface area contributed by atoms with E-state index in [1.807, 2.05) is 18.2 Å². The molecule has 0 bridgehead atoms. The quantitative estimate of drug-likeness (QED) is 0.752. The SMILES string of the molecule is CC(C)c1cccc(O[C@@H]2CCN(C(=O)Cc3c[nH][nH]c3=O)C[C@H]2O)c1. The van der Waals surface area contributed by atoms with Gasteiger partial charge in [-0.1, -0.05) is 26.0 Å². The number of piperidine rings is 1. The number of aliphatic hydroxyl groups is 1. The lowest BCUT2D eigenvalue weighted by molar-refractivity contribution is -0.136. The number of rotatable bonds is 5. The minimum Gasteiger partial charge on any atom is -0.488 e. The van der Waals surface area contributed by atoms with Gasteiger partial charge in [-0.15, -0.1) is 0 Å². The fourth-order valence-corrected chi connectivity index (χ4v) is 3.14. The summed E-state index contributed by atoms with van der Waals surface area (Å²) in [7, 11) is 0. The Kier molecular flexibility index (Phi) is 5.46. The van der Waals surface area contributed by atoms with Gasteiger partial charge in [-0.2, -0.15) is 0 Å². The van der Waals surface area contributed by atoms with Crippen LogP contribution in [0.2, 0.25) is 0 Å². The van der Waals surface area contributed by atoms with Crippen molar-refractivity contribution in [3.8, 4) is 5.75 Å². The summed E-state index contributed by atoms with van der Waals surface area (Å²) in [4.78, 5) is 25.4. The van der Waals surface area contributed by atoms with Gasteiger partial charge in [0.1, 0.15) is 18.0 Å². The van der Waals surface area contributed by atoms with E-state index in [0.717, 1.165) is 5.75 Å². The lowest BCUT2D eigenvalue weighted by Gasteiger charge is -2.36. The Morgan fingerprint density at radius 1 is 1.42 bits per heavy atom. The van der Waals surface area contributed by atoms with Crippen molar-refractivity contribution in [2.45, 2.75) is 44.8 Å². The molecule has 1 fully saturated rings. The molecule has 1 saturated heterocycles. The van der Waals surface area contributed by atoms with Crippen molar-refractivity contribution in [1.82, 2.24) is 15.1 Å². The number of β-amino-alcohol motifs (C(OH)–C–C–N with tert-alkyl or cyclic N) is 1. The van der Waals surface area contributed by atoms with Gasteiger partial charge in [-0.05, 0) is 23.6 Å². The number of likely N-dealkylation sites (tertiary alicyclic amines) is 1. The summed E-state index contributed by atoms with van der Waals surface area (Å²) in [6.07, 6.45) is 0.946. The minimum atomic E-state index is -0.764. The third kappa shape index (κ3) is 4.16. The van der Waals surface area contributed by atoms with E-state index in [9.17, 15) is 14.7 Å². The van der Waals surface area contributed by atoms with E-state index in [2.05, 4.69) is 30.1 Å². The second kappa shape index (κ2) is 7.78. The van der Waals surface area contributed by atoms with Crippen molar-refractivity contribution in [3.05, 3.63) is 51.9 Å². The first kappa shape index (κ1) is 18.3. The monoisotopic (exact) mass is 359 g/mol. The average molecular weight is 359 g/mol. The Labute approximate surface area is 152 Å². The first-order valence-corrected chi connectivity index (χ1v) is 8.91. The number of nitrogens with one attached hydrogen (secondary N) is 2. The lowest BCUT2D eigenvalue weighted by atomic mass is 10.0. The second-order valence-electron chi connectivity index (χ2n) is 7.02. The summed E-state index contributed by atoms with van der Waals surface area (Å²) in [5.41, 5.74) is 1.29. The zero-order valence-electron chi connectivity index (χ0n) is 15.1. The summed E-state index contributed by atoms with van der Waals surface area (Å²) in [5, 5.41) is 15.4. The van der Waals surface area contributed by atoms with Crippen molar-refractivity contribution in [3.63, 3.8) is 0 Å². The van der Waals surface area contributed by atoms with E-state index in [1.54, 1.807) is 4.90 Å². The van der Waals surface area contributed by atoms with Crippen LogP contribution in [0.25, 0.3) is 0 Å². The summed E-state index contributed by atoms with van der Waals surface area (Å²) in [6, 6.07) is 7.88. The van der Waals surface area contributed by atoms with Crippen molar-refractivity contribution in [1.29, 1.82) is 0 Å². The van der Waals surface area contributed by atoms with Crippen molar-refractivity contribution in [2.75, 3.05) is 13.1 Å². The number of H-pyrrole nitrogens is 2. The molecular weight excluding hydrogens is 334 g/mol. The Balaban J connectivity index is 1.58. The second-order valence-corrected chi connectivity index (χ2v) is 7.02. The molecule has 1 aromatic heterocycles. The molecule has 0 unspecified atom stereocenters. The molecule has 3 N–H and O–H groups in total. The van der Waals surface area contributed by atoms with Gasteiger partial charge in [0, 0.05) is 24.7 Å². The third-order valence-corrected chi connectivity index (χ3v) is 4.75. The highest BCUT2D eigenvalue weighted by atomic mass is 16.5.